The standard InChI is InChI=1S/C12H8N2O6S2/c15-9(16)5-13-11(18)8(22-12(13)21)4-6-2-1-3-7(10(6)17)14(19)20/h1-4,17H,5H2,(H,15,16)/p-2/b8-4+. The van der Waals surface area contributed by atoms with E-state index >= 15 is 0 Å². The molecular weight excluding hydrogens is 332 g/mol. The van der Waals surface area contributed by atoms with Crippen LogP contribution in [0.15, 0.2) is 23.1 Å². The van der Waals surface area contributed by atoms with Crippen molar-refractivity contribution < 1.29 is 24.7 Å². The third kappa shape index (κ3) is 3.07. The minimum Gasteiger partial charge on any atom is -0.867 e. The average molecular weight is 338 g/mol. The van der Waals surface area contributed by atoms with Gasteiger partial charge in [0, 0.05) is 6.07 Å². The number of nitro groups is 1. The van der Waals surface area contributed by atoms with Crippen molar-refractivity contribution in [3.63, 3.8) is 0 Å². The van der Waals surface area contributed by atoms with Gasteiger partial charge in [0.25, 0.3) is 11.6 Å². The first kappa shape index (κ1) is 15.9. The normalized spacial score (nSPS) is 16.4. The molecule has 0 aliphatic carbocycles. The van der Waals surface area contributed by atoms with Gasteiger partial charge in [-0.3, -0.25) is 19.8 Å². The summed E-state index contributed by atoms with van der Waals surface area (Å²) in [4.78, 5) is 33.3. The van der Waals surface area contributed by atoms with Crippen molar-refractivity contribution in [1.82, 2.24) is 4.90 Å². The van der Waals surface area contributed by atoms with E-state index in [1.807, 2.05) is 0 Å². The first-order valence-corrected chi connectivity index (χ1v) is 6.93. The number of carbonyl (C=O) groups is 2. The lowest BCUT2D eigenvalue weighted by molar-refractivity contribution is -0.398. The highest BCUT2D eigenvalue weighted by atomic mass is 32.2. The second-order valence-corrected chi connectivity index (χ2v) is 5.77. The van der Waals surface area contributed by atoms with Gasteiger partial charge in [-0.25, -0.2) is 0 Å². The first-order chi connectivity index (χ1) is 10.3. The number of para-hydroxylation sites is 1. The molecule has 0 saturated carbocycles. The molecule has 10 heteroatoms. The molecule has 1 amide bonds. The molecule has 0 spiro atoms. The number of hydrogen-bond donors (Lipinski definition) is 0. The SMILES string of the molecule is O=C([O-])CN1C(=O)/C(=C\c2cccc([N+](=O)[O-])c2[O-])SC1=S. The van der Waals surface area contributed by atoms with E-state index in [-0.39, 0.29) is 14.8 Å². The highest BCUT2D eigenvalue weighted by molar-refractivity contribution is 8.26. The number of aliphatic carboxylic acids is 1. The van der Waals surface area contributed by atoms with Crippen LogP contribution in [0.25, 0.3) is 6.08 Å². The molecule has 1 aliphatic rings. The minimum absolute atomic E-state index is 0.0123. The van der Waals surface area contributed by atoms with Gasteiger partial charge in [-0.05, 0) is 17.4 Å². The monoisotopic (exact) mass is 338 g/mol. The summed E-state index contributed by atoms with van der Waals surface area (Å²) in [6.45, 7) is -0.693. The van der Waals surface area contributed by atoms with Crippen LogP contribution in [0.3, 0.4) is 0 Å². The lowest BCUT2D eigenvalue weighted by Crippen LogP contribution is -2.40. The Morgan fingerprint density at radius 2 is 2.14 bits per heavy atom. The largest absolute Gasteiger partial charge is 0.867 e. The molecule has 1 fully saturated rings. The van der Waals surface area contributed by atoms with Gasteiger partial charge in [-0.2, -0.15) is 0 Å². The third-order valence-electron chi connectivity index (χ3n) is 2.67. The summed E-state index contributed by atoms with van der Waals surface area (Å²) in [6, 6.07) is 3.69. The fourth-order valence-corrected chi connectivity index (χ4v) is 2.95. The van der Waals surface area contributed by atoms with Crippen LogP contribution >= 0.6 is 24.0 Å². The highest BCUT2D eigenvalue weighted by Gasteiger charge is 2.32. The second kappa shape index (κ2) is 6.12. The number of thiocarbonyl (C=S) groups is 1. The number of nitro benzene ring substituents is 1. The van der Waals surface area contributed by atoms with Crippen molar-refractivity contribution >= 4 is 51.9 Å². The van der Waals surface area contributed by atoms with Crippen LogP contribution in [-0.2, 0) is 9.59 Å². The van der Waals surface area contributed by atoms with Crippen molar-refractivity contribution in [2.75, 3.05) is 6.54 Å². The minimum atomic E-state index is -1.47. The average Bonchev–Trinajstić information content (AvgIpc) is 2.68. The zero-order valence-corrected chi connectivity index (χ0v) is 12.3. The van der Waals surface area contributed by atoms with Gasteiger partial charge >= 0.3 is 0 Å². The first-order valence-electron chi connectivity index (χ1n) is 5.71. The number of carboxylic acid groups (broad SMARTS) is 1. The van der Waals surface area contributed by atoms with E-state index in [4.69, 9.17) is 12.2 Å². The molecule has 0 aromatic heterocycles. The molecule has 1 saturated heterocycles. The molecule has 22 heavy (non-hydrogen) atoms. The van der Waals surface area contributed by atoms with Gasteiger partial charge in [0.2, 0.25) is 0 Å². The van der Waals surface area contributed by atoms with Crippen molar-refractivity contribution in [2.24, 2.45) is 0 Å². The molecule has 1 heterocycles. The Morgan fingerprint density at radius 3 is 2.73 bits per heavy atom. The van der Waals surface area contributed by atoms with E-state index in [2.05, 4.69) is 0 Å². The molecule has 114 valence electrons. The molecule has 0 bridgehead atoms. The van der Waals surface area contributed by atoms with Gasteiger partial charge in [0.05, 0.1) is 22.3 Å². The lowest BCUT2D eigenvalue weighted by Gasteiger charge is -2.14. The number of carbonyl (C=O) groups excluding carboxylic acids is 2. The Kier molecular flexibility index (Phi) is 4.43. The van der Waals surface area contributed by atoms with Gasteiger partial charge in [-0.15, -0.1) is 0 Å². The van der Waals surface area contributed by atoms with Crippen molar-refractivity contribution in [3.05, 3.63) is 38.8 Å². The van der Waals surface area contributed by atoms with Crippen LogP contribution < -0.4 is 10.2 Å². The summed E-state index contributed by atoms with van der Waals surface area (Å²) in [6.07, 6.45) is 1.16. The third-order valence-corrected chi connectivity index (χ3v) is 4.05. The maximum absolute atomic E-state index is 12.0. The molecule has 1 aromatic rings. The van der Waals surface area contributed by atoms with Crippen LogP contribution in [0, 0.1) is 10.1 Å². The maximum atomic E-state index is 12.0. The van der Waals surface area contributed by atoms with Gasteiger partial charge < -0.3 is 15.0 Å². The summed E-state index contributed by atoms with van der Waals surface area (Å²) in [7, 11) is 0. The molecule has 1 aromatic carbocycles. The Bertz CT molecular complexity index is 730. The van der Waals surface area contributed by atoms with E-state index in [1.165, 1.54) is 12.1 Å². The van der Waals surface area contributed by atoms with E-state index in [1.54, 1.807) is 0 Å². The zero-order chi connectivity index (χ0) is 16.4. The van der Waals surface area contributed by atoms with Crippen molar-refractivity contribution in [1.29, 1.82) is 0 Å². The molecule has 8 nitrogen and oxygen atoms in total. The molecular formula is C12H6N2O6S2-2. The fourth-order valence-electron chi connectivity index (χ4n) is 1.71. The van der Waals surface area contributed by atoms with Crippen LogP contribution in [0.5, 0.6) is 5.75 Å². The summed E-state index contributed by atoms with van der Waals surface area (Å²) in [5.74, 6) is -3.00. The Hall–Kier alpha value is -2.46. The van der Waals surface area contributed by atoms with Crippen molar-refractivity contribution in [3.8, 4) is 5.75 Å². The number of thioether (sulfide) groups is 1. The molecule has 0 N–H and O–H groups in total. The summed E-state index contributed by atoms with van der Waals surface area (Å²) in [5.41, 5.74) is -0.665. The van der Waals surface area contributed by atoms with Crippen LogP contribution in [0.1, 0.15) is 5.56 Å². The summed E-state index contributed by atoms with van der Waals surface area (Å²) >= 11 is 5.69. The van der Waals surface area contributed by atoms with Crippen LogP contribution in [0.2, 0.25) is 0 Å². The number of amides is 1. The van der Waals surface area contributed by atoms with E-state index in [0.29, 0.717) is 0 Å². The fraction of sp³-hybridized carbons (Fsp3) is 0.0833. The molecule has 0 radical (unpaired) electrons. The van der Waals surface area contributed by atoms with E-state index in [9.17, 15) is 29.9 Å². The Balaban J connectivity index is 2.37. The second-order valence-electron chi connectivity index (χ2n) is 4.09. The van der Waals surface area contributed by atoms with E-state index in [0.717, 1.165) is 28.8 Å². The van der Waals surface area contributed by atoms with Gasteiger partial charge in [0.15, 0.2) is 0 Å². The smallest absolute Gasteiger partial charge is 0.266 e. The number of hydrogen-bond acceptors (Lipinski definition) is 8. The Morgan fingerprint density at radius 1 is 1.45 bits per heavy atom. The Labute approximate surface area is 133 Å². The summed E-state index contributed by atoms with van der Waals surface area (Å²) < 4.78 is 0.0123. The molecule has 2 rings (SSSR count). The van der Waals surface area contributed by atoms with E-state index < -0.39 is 34.8 Å². The maximum Gasteiger partial charge on any atom is 0.266 e. The lowest BCUT2D eigenvalue weighted by atomic mass is 10.1. The predicted octanol–water partition coefficient (Wildman–Crippen LogP) is -0.381. The summed E-state index contributed by atoms with van der Waals surface area (Å²) in [5, 5.41) is 33.2. The molecule has 0 unspecified atom stereocenters. The quantitative estimate of drug-likeness (QED) is 0.315. The van der Waals surface area contributed by atoms with Crippen LogP contribution in [-0.4, -0.2) is 32.6 Å². The van der Waals surface area contributed by atoms with Crippen molar-refractivity contribution in [2.45, 2.75) is 0 Å². The molecule has 1 aliphatic heterocycles. The topological polar surface area (TPSA) is 127 Å². The zero-order valence-electron chi connectivity index (χ0n) is 10.7. The van der Waals surface area contributed by atoms with Gasteiger partial charge in [0.1, 0.15) is 4.32 Å². The number of rotatable bonds is 4. The van der Waals surface area contributed by atoms with Gasteiger partial charge in [-0.1, -0.05) is 36.1 Å². The number of carboxylic acids is 1. The predicted molar refractivity (Wildman–Crippen MR) is 77.4 cm³/mol. The van der Waals surface area contributed by atoms with Crippen LogP contribution in [0.4, 0.5) is 5.69 Å². The number of benzene rings is 1. The molecule has 0 atom stereocenters. The highest BCUT2D eigenvalue weighted by Crippen LogP contribution is 2.35. The number of nitrogens with zero attached hydrogens (tertiary/aromatic N) is 2.